The van der Waals surface area contributed by atoms with Crippen molar-refractivity contribution in [2.45, 2.75) is 11.4 Å². The van der Waals surface area contributed by atoms with Gasteiger partial charge in [-0.15, -0.1) is 11.3 Å². The number of thiophene rings is 1. The summed E-state index contributed by atoms with van der Waals surface area (Å²) in [5, 5.41) is 3.81. The number of anilines is 1. The summed E-state index contributed by atoms with van der Waals surface area (Å²) in [6, 6.07) is 3.72. The molecule has 2 aromatic heterocycles. The predicted molar refractivity (Wildman–Crippen MR) is 73.7 cm³/mol. The molecule has 0 spiro atoms. The first-order valence-electron chi connectivity index (χ1n) is 4.91. The number of nitrogens with zero attached hydrogens (tertiary/aromatic N) is 2. The van der Waals surface area contributed by atoms with E-state index in [9.17, 15) is 8.42 Å². The molecule has 0 radical (unpaired) electrons. The zero-order chi connectivity index (χ0) is 13.3. The molecule has 2 heterocycles. The SMILES string of the molecule is Cn1cc(S(=O)(=O)NCc2ccc(Br)s2)c(N)n1. The molecule has 0 aliphatic heterocycles. The van der Waals surface area contributed by atoms with Crippen LogP contribution in [-0.4, -0.2) is 18.2 Å². The third kappa shape index (κ3) is 2.91. The minimum absolute atomic E-state index is 0.000576. The molecule has 0 aliphatic carbocycles. The Morgan fingerprint density at radius 1 is 1.56 bits per heavy atom. The predicted octanol–water partition coefficient (Wildman–Crippen LogP) is 1.30. The molecule has 9 heteroatoms. The van der Waals surface area contributed by atoms with Crippen molar-refractivity contribution in [2.24, 2.45) is 7.05 Å². The molecule has 0 bridgehead atoms. The number of halogens is 1. The van der Waals surface area contributed by atoms with Crippen LogP contribution >= 0.6 is 27.3 Å². The molecule has 0 saturated carbocycles. The molecular weight excluding hydrogens is 340 g/mol. The van der Waals surface area contributed by atoms with Gasteiger partial charge in [-0.3, -0.25) is 4.68 Å². The molecule has 6 nitrogen and oxygen atoms in total. The summed E-state index contributed by atoms with van der Waals surface area (Å²) < 4.78 is 28.8. The molecule has 2 aromatic rings. The highest BCUT2D eigenvalue weighted by Crippen LogP contribution is 2.22. The van der Waals surface area contributed by atoms with Crippen molar-refractivity contribution >= 4 is 43.1 Å². The zero-order valence-corrected chi connectivity index (χ0v) is 12.6. The molecule has 0 amide bonds. The fourth-order valence-electron chi connectivity index (χ4n) is 1.38. The van der Waals surface area contributed by atoms with Crippen LogP contribution in [0.15, 0.2) is 27.0 Å². The smallest absolute Gasteiger partial charge is 0.246 e. The number of rotatable bonds is 4. The summed E-state index contributed by atoms with van der Waals surface area (Å²) in [5.74, 6) is -0.00244. The van der Waals surface area contributed by atoms with Gasteiger partial charge in [0.25, 0.3) is 0 Å². The van der Waals surface area contributed by atoms with Crippen LogP contribution < -0.4 is 10.5 Å². The van der Waals surface area contributed by atoms with Gasteiger partial charge in [-0.05, 0) is 28.1 Å². The Morgan fingerprint density at radius 3 is 2.78 bits per heavy atom. The highest BCUT2D eigenvalue weighted by molar-refractivity contribution is 9.11. The van der Waals surface area contributed by atoms with Gasteiger partial charge in [-0.25, -0.2) is 13.1 Å². The third-order valence-electron chi connectivity index (χ3n) is 2.18. The Bertz CT molecular complexity index is 662. The second-order valence-corrected chi connectivity index (χ2v) is 7.87. The molecule has 0 aliphatic rings. The van der Waals surface area contributed by atoms with Crippen LogP contribution in [0.4, 0.5) is 5.82 Å². The second-order valence-electron chi connectivity index (χ2n) is 3.58. The zero-order valence-electron chi connectivity index (χ0n) is 9.42. The Hall–Kier alpha value is -0.900. The van der Waals surface area contributed by atoms with Crippen molar-refractivity contribution in [1.82, 2.24) is 14.5 Å². The van der Waals surface area contributed by atoms with Gasteiger partial charge in [-0.1, -0.05) is 0 Å². The maximum absolute atomic E-state index is 12.0. The Balaban J connectivity index is 2.15. The number of aryl methyl sites for hydroxylation is 1. The lowest BCUT2D eigenvalue weighted by atomic mass is 10.5. The standard InChI is InChI=1S/C9H11BrN4O2S2/c1-14-5-7(9(11)13-14)18(15,16)12-4-6-2-3-8(10)17-6/h2-3,5,12H,4H2,1H3,(H2,11,13). The molecule has 3 N–H and O–H groups in total. The van der Waals surface area contributed by atoms with E-state index in [1.54, 1.807) is 7.05 Å². The molecule has 0 aromatic carbocycles. The van der Waals surface area contributed by atoms with Crippen molar-refractivity contribution in [3.8, 4) is 0 Å². The van der Waals surface area contributed by atoms with E-state index < -0.39 is 10.0 Å². The molecule has 0 unspecified atom stereocenters. The normalized spacial score (nSPS) is 11.9. The largest absolute Gasteiger partial charge is 0.381 e. The van der Waals surface area contributed by atoms with Crippen molar-refractivity contribution in [3.05, 3.63) is 27.0 Å². The van der Waals surface area contributed by atoms with E-state index in [0.29, 0.717) is 0 Å². The van der Waals surface area contributed by atoms with Crippen molar-refractivity contribution in [1.29, 1.82) is 0 Å². The number of aromatic nitrogens is 2. The van der Waals surface area contributed by atoms with E-state index in [4.69, 9.17) is 5.73 Å². The fourth-order valence-corrected chi connectivity index (χ4v) is 4.00. The average Bonchev–Trinajstić information content (AvgIpc) is 2.82. The van der Waals surface area contributed by atoms with E-state index in [1.165, 1.54) is 22.2 Å². The molecule has 18 heavy (non-hydrogen) atoms. The van der Waals surface area contributed by atoms with Crippen molar-refractivity contribution in [3.63, 3.8) is 0 Å². The summed E-state index contributed by atoms with van der Waals surface area (Å²) in [7, 11) is -2.01. The maximum Gasteiger partial charge on any atom is 0.246 e. The van der Waals surface area contributed by atoms with Gasteiger partial charge in [-0.2, -0.15) is 5.10 Å². The van der Waals surface area contributed by atoms with Crippen LogP contribution in [0.1, 0.15) is 4.88 Å². The first-order chi connectivity index (χ1) is 8.38. The number of sulfonamides is 1. The minimum atomic E-state index is -3.63. The monoisotopic (exact) mass is 350 g/mol. The summed E-state index contributed by atoms with van der Waals surface area (Å²) in [4.78, 5) is 0.911. The van der Waals surface area contributed by atoms with Gasteiger partial charge in [0.2, 0.25) is 10.0 Å². The quantitative estimate of drug-likeness (QED) is 0.869. The number of hydrogen-bond acceptors (Lipinski definition) is 5. The summed E-state index contributed by atoms with van der Waals surface area (Å²) in [6.45, 7) is 0.229. The number of nitrogens with one attached hydrogen (secondary N) is 1. The first-order valence-corrected chi connectivity index (χ1v) is 8.01. The van der Waals surface area contributed by atoms with Crippen LogP contribution in [0.25, 0.3) is 0 Å². The van der Waals surface area contributed by atoms with Gasteiger partial charge in [0.1, 0.15) is 4.90 Å². The maximum atomic E-state index is 12.0. The van der Waals surface area contributed by atoms with Crippen molar-refractivity contribution < 1.29 is 8.42 Å². The Morgan fingerprint density at radius 2 is 2.28 bits per heavy atom. The van der Waals surface area contributed by atoms with E-state index in [2.05, 4.69) is 25.8 Å². The number of nitrogen functional groups attached to an aromatic ring is 1. The molecule has 0 fully saturated rings. The van der Waals surface area contributed by atoms with Crippen LogP contribution in [0, 0.1) is 0 Å². The summed E-state index contributed by atoms with van der Waals surface area (Å²) >= 11 is 4.79. The first kappa shape index (κ1) is 13.5. The topological polar surface area (TPSA) is 90.0 Å². The molecule has 0 atom stereocenters. The van der Waals surface area contributed by atoms with Gasteiger partial charge in [0, 0.05) is 24.7 Å². The summed E-state index contributed by atoms with van der Waals surface area (Å²) in [5.41, 5.74) is 5.54. The van der Waals surface area contributed by atoms with E-state index in [-0.39, 0.29) is 17.3 Å². The third-order valence-corrected chi connectivity index (χ3v) is 5.22. The number of hydrogen-bond donors (Lipinski definition) is 2. The van der Waals surface area contributed by atoms with Crippen LogP contribution in [0.3, 0.4) is 0 Å². The fraction of sp³-hybridized carbons (Fsp3) is 0.222. The average molecular weight is 351 g/mol. The second kappa shape index (κ2) is 5.00. The van der Waals surface area contributed by atoms with Crippen LogP contribution in [0.5, 0.6) is 0 Å². The lowest BCUT2D eigenvalue weighted by Crippen LogP contribution is -2.23. The molecule has 0 saturated heterocycles. The molecule has 2 rings (SSSR count). The highest BCUT2D eigenvalue weighted by Gasteiger charge is 2.20. The van der Waals surface area contributed by atoms with Crippen molar-refractivity contribution in [2.75, 3.05) is 5.73 Å². The van der Waals surface area contributed by atoms with Gasteiger partial charge >= 0.3 is 0 Å². The van der Waals surface area contributed by atoms with E-state index in [1.807, 2.05) is 12.1 Å². The Labute approximate surface area is 117 Å². The lowest BCUT2D eigenvalue weighted by Gasteiger charge is -2.03. The minimum Gasteiger partial charge on any atom is -0.381 e. The van der Waals surface area contributed by atoms with E-state index >= 15 is 0 Å². The van der Waals surface area contributed by atoms with Crippen LogP contribution in [0.2, 0.25) is 0 Å². The Kier molecular flexibility index (Phi) is 3.76. The molecular formula is C9H11BrN4O2S2. The number of nitrogens with two attached hydrogens (primary N) is 1. The van der Waals surface area contributed by atoms with Gasteiger partial charge < -0.3 is 5.73 Å². The lowest BCUT2D eigenvalue weighted by molar-refractivity contribution is 0.582. The summed E-state index contributed by atoms with van der Waals surface area (Å²) in [6.07, 6.45) is 1.38. The van der Waals surface area contributed by atoms with Gasteiger partial charge in [0.05, 0.1) is 3.79 Å². The van der Waals surface area contributed by atoms with Gasteiger partial charge in [0.15, 0.2) is 5.82 Å². The van der Waals surface area contributed by atoms with Crippen LogP contribution in [-0.2, 0) is 23.6 Å². The van der Waals surface area contributed by atoms with E-state index in [0.717, 1.165) is 8.66 Å². The highest BCUT2D eigenvalue weighted by atomic mass is 79.9. The molecule has 98 valence electrons.